The summed E-state index contributed by atoms with van der Waals surface area (Å²) in [5.41, 5.74) is 1.73. The highest BCUT2D eigenvalue weighted by Gasteiger charge is 2.31. The van der Waals surface area contributed by atoms with Crippen LogP contribution in [0.3, 0.4) is 0 Å². The summed E-state index contributed by atoms with van der Waals surface area (Å²) in [5, 5.41) is 1.68. The normalized spacial score (nSPS) is 19.0. The second-order valence-corrected chi connectivity index (χ2v) is 8.81. The highest BCUT2D eigenvalue weighted by atomic mass is 32.2. The van der Waals surface area contributed by atoms with Crippen LogP contribution in [-0.2, 0) is 19.9 Å². The lowest BCUT2D eigenvalue weighted by molar-refractivity contribution is 0.218. The third-order valence-electron chi connectivity index (χ3n) is 4.66. The Labute approximate surface area is 133 Å². The third kappa shape index (κ3) is 2.44. The molecule has 1 unspecified atom stereocenters. The molecule has 1 atom stereocenters. The van der Waals surface area contributed by atoms with Crippen molar-refractivity contribution < 1.29 is 0 Å². The van der Waals surface area contributed by atoms with Gasteiger partial charge in [-0.25, -0.2) is 4.98 Å². The SMILES string of the molecule is CSc1nc2sc3c(c2c(=O)n1C)CCC(C(C)(C)C)C3. The van der Waals surface area contributed by atoms with Gasteiger partial charge in [0, 0.05) is 11.9 Å². The molecule has 0 amide bonds. The second kappa shape index (κ2) is 5.13. The fraction of sp³-hybridized carbons (Fsp3) is 0.625. The van der Waals surface area contributed by atoms with Crippen LogP contribution >= 0.6 is 23.1 Å². The molecule has 114 valence electrons. The molecule has 3 nitrogen and oxygen atoms in total. The van der Waals surface area contributed by atoms with Crippen LogP contribution < -0.4 is 5.56 Å². The molecule has 1 aliphatic carbocycles. The molecule has 0 saturated carbocycles. The van der Waals surface area contributed by atoms with E-state index in [-0.39, 0.29) is 5.56 Å². The van der Waals surface area contributed by atoms with Gasteiger partial charge in [0.25, 0.3) is 5.56 Å². The molecule has 5 heteroatoms. The molecule has 0 aliphatic heterocycles. The van der Waals surface area contributed by atoms with Crippen LogP contribution in [0.2, 0.25) is 0 Å². The smallest absolute Gasteiger partial charge is 0.262 e. The van der Waals surface area contributed by atoms with Gasteiger partial charge in [-0.2, -0.15) is 0 Å². The minimum Gasteiger partial charge on any atom is -0.290 e. The van der Waals surface area contributed by atoms with Crippen LogP contribution in [0.15, 0.2) is 9.95 Å². The Morgan fingerprint density at radius 2 is 2.10 bits per heavy atom. The number of fused-ring (bicyclic) bond motifs is 3. The summed E-state index contributed by atoms with van der Waals surface area (Å²) in [7, 11) is 1.82. The van der Waals surface area contributed by atoms with Gasteiger partial charge in [0.15, 0.2) is 5.16 Å². The highest BCUT2D eigenvalue weighted by Crippen LogP contribution is 2.42. The van der Waals surface area contributed by atoms with Crippen molar-refractivity contribution in [2.24, 2.45) is 18.4 Å². The molecule has 2 aromatic rings. The maximum Gasteiger partial charge on any atom is 0.262 e. The Bertz CT molecular complexity index is 752. The number of hydrogen-bond donors (Lipinski definition) is 0. The summed E-state index contributed by atoms with van der Waals surface area (Å²) in [6, 6.07) is 0. The Morgan fingerprint density at radius 3 is 2.71 bits per heavy atom. The molecular weight excluding hydrogens is 300 g/mol. The first-order chi connectivity index (χ1) is 9.82. The van der Waals surface area contributed by atoms with Gasteiger partial charge in [0.1, 0.15) is 4.83 Å². The van der Waals surface area contributed by atoms with Crippen molar-refractivity contribution in [3.63, 3.8) is 0 Å². The largest absolute Gasteiger partial charge is 0.290 e. The van der Waals surface area contributed by atoms with Crippen molar-refractivity contribution in [3.05, 3.63) is 20.8 Å². The molecule has 0 saturated heterocycles. The van der Waals surface area contributed by atoms with Gasteiger partial charge in [-0.15, -0.1) is 11.3 Å². The van der Waals surface area contributed by atoms with Gasteiger partial charge in [0.2, 0.25) is 0 Å². The average Bonchev–Trinajstić information content (AvgIpc) is 2.79. The molecule has 3 rings (SSSR count). The van der Waals surface area contributed by atoms with Crippen molar-refractivity contribution in [1.82, 2.24) is 9.55 Å². The number of rotatable bonds is 1. The summed E-state index contributed by atoms with van der Waals surface area (Å²) in [5.74, 6) is 0.696. The van der Waals surface area contributed by atoms with Crippen LogP contribution in [0.4, 0.5) is 0 Å². The highest BCUT2D eigenvalue weighted by molar-refractivity contribution is 7.98. The predicted molar refractivity (Wildman–Crippen MR) is 91.6 cm³/mol. The first-order valence-corrected chi connectivity index (χ1v) is 9.42. The van der Waals surface area contributed by atoms with Crippen LogP contribution in [0.1, 0.15) is 37.6 Å². The minimum absolute atomic E-state index is 0.121. The molecule has 0 spiro atoms. The minimum atomic E-state index is 0.121. The lowest BCUT2D eigenvalue weighted by Gasteiger charge is -2.33. The summed E-state index contributed by atoms with van der Waals surface area (Å²) in [6.07, 6.45) is 5.26. The lowest BCUT2D eigenvalue weighted by Crippen LogP contribution is -2.27. The number of hydrogen-bond acceptors (Lipinski definition) is 4. The van der Waals surface area contributed by atoms with Crippen LogP contribution in [-0.4, -0.2) is 15.8 Å². The van der Waals surface area contributed by atoms with Gasteiger partial charge < -0.3 is 0 Å². The number of aryl methyl sites for hydroxylation is 1. The Morgan fingerprint density at radius 1 is 1.38 bits per heavy atom. The monoisotopic (exact) mass is 322 g/mol. The molecule has 2 aromatic heterocycles. The average molecular weight is 322 g/mol. The standard InChI is InChI=1S/C16H22N2OS2/c1-16(2,3)9-6-7-10-11(8-9)21-13-12(10)14(19)18(4)15(17-13)20-5/h9H,6-8H2,1-5H3. The van der Waals surface area contributed by atoms with E-state index in [9.17, 15) is 4.79 Å². The molecule has 0 bridgehead atoms. The quantitative estimate of drug-likeness (QED) is 0.590. The molecule has 21 heavy (non-hydrogen) atoms. The fourth-order valence-electron chi connectivity index (χ4n) is 3.21. The van der Waals surface area contributed by atoms with Crippen molar-refractivity contribution in [3.8, 4) is 0 Å². The van der Waals surface area contributed by atoms with Crippen LogP contribution in [0.5, 0.6) is 0 Å². The molecule has 0 radical (unpaired) electrons. The fourth-order valence-corrected chi connectivity index (χ4v) is 5.10. The van der Waals surface area contributed by atoms with Gasteiger partial charge in [-0.3, -0.25) is 9.36 Å². The maximum absolute atomic E-state index is 12.6. The third-order valence-corrected chi connectivity index (χ3v) is 6.54. The van der Waals surface area contributed by atoms with E-state index < -0.39 is 0 Å². The van der Waals surface area contributed by atoms with Crippen molar-refractivity contribution in [2.45, 2.75) is 45.2 Å². The van der Waals surface area contributed by atoms with E-state index in [1.807, 2.05) is 13.3 Å². The summed E-state index contributed by atoms with van der Waals surface area (Å²) in [4.78, 5) is 19.6. The van der Waals surface area contributed by atoms with Crippen molar-refractivity contribution >= 4 is 33.3 Å². The van der Waals surface area contributed by atoms with Crippen molar-refractivity contribution in [2.75, 3.05) is 6.26 Å². The second-order valence-electron chi connectivity index (χ2n) is 6.95. The summed E-state index contributed by atoms with van der Waals surface area (Å²) in [6.45, 7) is 6.96. The predicted octanol–water partition coefficient (Wildman–Crippen LogP) is 3.87. The van der Waals surface area contributed by atoms with Gasteiger partial charge >= 0.3 is 0 Å². The number of nitrogens with zero attached hydrogens (tertiary/aromatic N) is 2. The van der Waals surface area contributed by atoms with E-state index in [0.29, 0.717) is 11.3 Å². The zero-order chi connectivity index (χ0) is 15.4. The van der Waals surface area contributed by atoms with E-state index in [1.165, 1.54) is 28.6 Å². The molecule has 1 aliphatic rings. The van der Waals surface area contributed by atoms with E-state index in [1.54, 1.807) is 15.9 Å². The maximum atomic E-state index is 12.6. The molecular formula is C16H22N2OS2. The van der Waals surface area contributed by atoms with E-state index in [2.05, 4.69) is 20.8 Å². The summed E-state index contributed by atoms with van der Waals surface area (Å²) < 4.78 is 1.69. The number of thiophene rings is 1. The first-order valence-electron chi connectivity index (χ1n) is 7.38. The van der Waals surface area contributed by atoms with Gasteiger partial charge in [0.05, 0.1) is 5.39 Å². The van der Waals surface area contributed by atoms with E-state index in [0.717, 1.165) is 28.2 Å². The molecule has 0 N–H and O–H groups in total. The molecule has 0 fully saturated rings. The van der Waals surface area contributed by atoms with E-state index >= 15 is 0 Å². The van der Waals surface area contributed by atoms with Crippen LogP contribution in [0, 0.1) is 11.3 Å². The van der Waals surface area contributed by atoms with Crippen LogP contribution in [0.25, 0.3) is 10.2 Å². The Balaban J connectivity index is 2.16. The Kier molecular flexibility index (Phi) is 3.69. The topological polar surface area (TPSA) is 34.9 Å². The molecule has 2 heterocycles. The zero-order valence-corrected chi connectivity index (χ0v) is 15.0. The van der Waals surface area contributed by atoms with E-state index in [4.69, 9.17) is 4.98 Å². The summed E-state index contributed by atoms with van der Waals surface area (Å²) >= 11 is 3.27. The van der Waals surface area contributed by atoms with Gasteiger partial charge in [-0.05, 0) is 42.4 Å². The number of thioether (sulfide) groups is 1. The van der Waals surface area contributed by atoms with Gasteiger partial charge in [-0.1, -0.05) is 32.5 Å². The lowest BCUT2D eigenvalue weighted by atomic mass is 9.72. The zero-order valence-electron chi connectivity index (χ0n) is 13.3. The molecule has 0 aromatic carbocycles. The first kappa shape index (κ1) is 15.1. The Hall–Kier alpha value is -0.810. The van der Waals surface area contributed by atoms with Crippen molar-refractivity contribution in [1.29, 1.82) is 0 Å². The number of aromatic nitrogens is 2.